The van der Waals surface area contributed by atoms with Crippen LogP contribution in [-0.2, 0) is 14.6 Å². The Morgan fingerprint density at radius 3 is 2.59 bits per heavy atom. The fourth-order valence-corrected chi connectivity index (χ4v) is 5.04. The molecule has 41 heavy (non-hydrogen) atoms. The first-order valence-corrected chi connectivity index (χ1v) is 13.6. The predicted octanol–water partition coefficient (Wildman–Crippen LogP) is 3.57. The molecule has 220 valence electrons. The quantitative estimate of drug-likeness (QED) is 0.315. The molecule has 0 bridgehead atoms. The third-order valence-corrected chi connectivity index (χ3v) is 7.26. The number of aliphatic carboxylic acids is 1. The number of hydrogen-bond acceptors (Lipinski definition) is 8. The van der Waals surface area contributed by atoms with Crippen LogP contribution in [0.15, 0.2) is 42.1 Å². The monoisotopic (exact) mass is 605 g/mol. The number of aromatic amines is 1. The summed E-state index contributed by atoms with van der Waals surface area (Å²) in [5, 5.41) is 11.5. The molecule has 0 radical (unpaired) electrons. The Morgan fingerprint density at radius 1 is 1.24 bits per heavy atom. The molecule has 0 aromatic carbocycles. The van der Waals surface area contributed by atoms with Crippen molar-refractivity contribution < 1.29 is 44.7 Å². The maximum Gasteiger partial charge on any atom is 0.490 e. The Morgan fingerprint density at radius 2 is 1.95 bits per heavy atom. The van der Waals surface area contributed by atoms with Gasteiger partial charge in [0.15, 0.2) is 32.3 Å². The van der Waals surface area contributed by atoms with E-state index in [0.717, 1.165) is 11.6 Å². The maximum atomic E-state index is 14.5. The van der Waals surface area contributed by atoms with Crippen molar-refractivity contribution in [2.24, 2.45) is 5.92 Å². The standard InChI is InChI=1S/C21H20F3N7O2S.C2HF3O2/c1-34(32,33)21-16(24)6-15(23)20(29-21)30-5-3-12(9-30)17(7-22)31-10-13(8-28-31)18-14-2-4-25-19(14)27-11-26-18;3-2(4,5)1(6)7/h2,4,6,8,10-12,17H,3,5,7,9H2,1H3,(H,25,26,27);(H,6,7)/t12-,17?;/m0./s1. The number of H-pyrrole nitrogens is 1. The number of carboxylic acids is 1. The van der Waals surface area contributed by atoms with Crippen molar-refractivity contribution >= 4 is 32.7 Å². The summed E-state index contributed by atoms with van der Waals surface area (Å²) in [4.78, 5) is 25.6. The largest absolute Gasteiger partial charge is 0.490 e. The number of rotatable bonds is 6. The Hall–Kier alpha value is -4.22. The van der Waals surface area contributed by atoms with E-state index in [2.05, 4.69) is 25.0 Å². The zero-order chi connectivity index (χ0) is 30.1. The summed E-state index contributed by atoms with van der Waals surface area (Å²) in [6, 6.07) is 1.72. The number of alkyl halides is 4. The van der Waals surface area contributed by atoms with Gasteiger partial charge in [-0.25, -0.2) is 41.3 Å². The lowest BCUT2D eigenvalue weighted by Crippen LogP contribution is -2.27. The molecule has 4 aromatic rings. The van der Waals surface area contributed by atoms with Crippen LogP contribution in [0.1, 0.15) is 12.5 Å². The average Bonchev–Trinajstić information content (AvgIpc) is 3.65. The number of pyridine rings is 1. The number of halogens is 6. The molecule has 1 fully saturated rings. The summed E-state index contributed by atoms with van der Waals surface area (Å²) in [6.07, 6.45) is 2.71. The van der Waals surface area contributed by atoms with E-state index in [1.165, 1.54) is 15.9 Å². The first kappa shape index (κ1) is 29.8. The highest BCUT2D eigenvalue weighted by molar-refractivity contribution is 7.90. The van der Waals surface area contributed by atoms with Crippen molar-refractivity contribution in [2.45, 2.75) is 23.7 Å². The van der Waals surface area contributed by atoms with Gasteiger partial charge in [0.2, 0.25) is 0 Å². The van der Waals surface area contributed by atoms with E-state index in [1.54, 1.807) is 18.6 Å². The van der Waals surface area contributed by atoms with Gasteiger partial charge in [0.05, 0.1) is 17.9 Å². The van der Waals surface area contributed by atoms with Crippen LogP contribution in [0.25, 0.3) is 22.3 Å². The Bertz CT molecular complexity index is 1670. The predicted molar refractivity (Wildman–Crippen MR) is 131 cm³/mol. The second kappa shape index (κ2) is 11.3. The van der Waals surface area contributed by atoms with Crippen LogP contribution >= 0.6 is 0 Å². The molecule has 0 spiro atoms. The third-order valence-electron chi connectivity index (χ3n) is 6.27. The minimum absolute atomic E-state index is 0.206. The van der Waals surface area contributed by atoms with Crippen LogP contribution in [0.2, 0.25) is 0 Å². The summed E-state index contributed by atoms with van der Waals surface area (Å²) >= 11 is 0. The highest BCUT2D eigenvalue weighted by atomic mass is 32.2. The van der Waals surface area contributed by atoms with Crippen LogP contribution < -0.4 is 4.90 Å². The SMILES string of the molecule is CS(=O)(=O)c1nc(N2CC[C@H](C(CF)n3cc(-c4ncnc5[nH]ccc45)cn3)C2)c(F)cc1F.O=C(O)C(F)(F)F. The van der Waals surface area contributed by atoms with Crippen molar-refractivity contribution in [3.63, 3.8) is 0 Å². The molecule has 11 nitrogen and oxygen atoms in total. The van der Waals surface area contributed by atoms with Crippen LogP contribution in [0, 0.1) is 17.6 Å². The fraction of sp³-hybridized carbons (Fsp3) is 0.348. The van der Waals surface area contributed by atoms with Crippen molar-refractivity contribution in [2.75, 3.05) is 30.9 Å². The number of nitrogens with zero attached hydrogens (tertiary/aromatic N) is 6. The van der Waals surface area contributed by atoms with Crippen molar-refractivity contribution in [1.82, 2.24) is 29.7 Å². The zero-order valence-electron chi connectivity index (χ0n) is 21.0. The van der Waals surface area contributed by atoms with Gasteiger partial charge in [-0.3, -0.25) is 4.68 Å². The lowest BCUT2D eigenvalue weighted by atomic mass is 10.0. The Balaban J connectivity index is 0.000000493. The molecule has 0 aliphatic carbocycles. The Labute approximate surface area is 227 Å². The van der Waals surface area contributed by atoms with Crippen molar-refractivity contribution in [3.8, 4) is 11.3 Å². The van der Waals surface area contributed by atoms with Crippen LogP contribution in [0.5, 0.6) is 0 Å². The number of anilines is 1. The van der Waals surface area contributed by atoms with Gasteiger partial charge >= 0.3 is 12.1 Å². The molecule has 5 rings (SSSR count). The molecular weight excluding hydrogens is 584 g/mol. The van der Waals surface area contributed by atoms with E-state index in [0.29, 0.717) is 35.9 Å². The molecule has 0 saturated carbocycles. The van der Waals surface area contributed by atoms with Crippen LogP contribution in [0.4, 0.5) is 32.2 Å². The fourth-order valence-electron chi connectivity index (χ4n) is 4.37. The number of aromatic nitrogens is 6. The lowest BCUT2D eigenvalue weighted by Gasteiger charge is -2.23. The summed E-state index contributed by atoms with van der Waals surface area (Å²) in [7, 11) is -3.98. The molecule has 0 amide bonds. The first-order valence-electron chi connectivity index (χ1n) is 11.7. The normalized spacial score (nSPS) is 16.5. The van der Waals surface area contributed by atoms with E-state index in [4.69, 9.17) is 9.90 Å². The smallest absolute Gasteiger partial charge is 0.475 e. The first-order chi connectivity index (χ1) is 19.2. The van der Waals surface area contributed by atoms with Crippen molar-refractivity contribution in [3.05, 3.63) is 48.7 Å². The average molecular weight is 606 g/mol. The van der Waals surface area contributed by atoms with Gasteiger partial charge in [0, 0.05) is 54.7 Å². The second-order valence-electron chi connectivity index (χ2n) is 9.04. The van der Waals surface area contributed by atoms with Gasteiger partial charge < -0.3 is 15.0 Å². The molecule has 4 aromatic heterocycles. The molecule has 2 atom stereocenters. The van der Waals surface area contributed by atoms with Gasteiger partial charge in [0.1, 0.15) is 18.6 Å². The number of sulfone groups is 1. The number of hydrogen-bond donors (Lipinski definition) is 2. The molecular formula is C23H21F6N7O4S. The van der Waals surface area contributed by atoms with Gasteiger partial charge in [0.25, 0.3) is 0 Å². The van der Waals surface area contributed by atoms with Crippen LogP contribution in [-0.4, -0.2) is 81.4 Å². The molecule has 5 heterocycles. The van der Waals surface area contributed by atoms with E-state index in [9.17, 15) is 34.8 Å². The number of carbonyl (C=O) groups is 1. The topological polar surface area (TPSA) is 147 Å². The number of carboxylic acid groups (broad SMARTS) is 1. The van der Waals surface area contributed by atoms with E-state index in [1.807, 2.05) is 6.07 Å². The summed E-state index contributed by atoms with van der Waals surface area (Å²) in [6.45, 7) is -0.196. The van der Waals surface area contributed by atoms with E-state index < -0.39 is 51.4 Å². The van der Waals surface area contributed by atoms with E-state index in [-0.39, 0.29) is 18.3 Å². The van der Waals surface area contributed by atoms with Gasteiger partial charge in [-0.05, 0) is 12.5 Å². The molecule has 18 heteroatoms. The Kier molecular flexibility index (Phi) is 8.23. The number of fused-ring (bicyclic) bond motifs is 1. The highest BCUT2D eigenvalue weighted by Crippen LogP contribution is 2.34. The van der Waals surface area contributed by atoms with E-state index >= 15 is 0 Å². The summed E-state index contributed by atoms with van der Waals surface area (Å²) in [5.41, 5.74) is 2.03. The zero-order valence-corrected chi connectivity index (χ0v) is 21.8. The minimum Gasteiger partial charge on any atom is -0.475 e. The molecule has 1 saturated heterocycles. The highest BCUT2D eigenvalue weighted by Gasteiger charge is 2.38. The molecule has 1 aliphatic heterocycles. The number of nitrogens with one attached hydrogen (secondary N) is 1. The molecule has 1 unspecified atom stereocenters. The summed E-state index contributed by atoms with van der Waals surface area (Å²) in [5.74, 6) is -5.50. The van der Waals surface area contributed by atoms with Crippen molar-refractivity contribution in [1.29, 1.82) is 0 Å². The third kappa shape index (κ3) is 6.41. The lowest BCUT2D eigenvalue weighted by molar-refractivity contribution is -0.192. The molecule has 2 N–H and O–H groups in total. The van der Waals surface area contributed by atoms with Gasteiger partial charge in [-0.2, -0.15) is 18.3 Å². The van der Waals surface area contributed by atoms with Gasteiger partial charge in [-0.15, -0.1) is 0 Å². The summed E-state index contributed by atoms with van der Waals surface area (Å²) < 4.78 is 99.4. The minimum atomic E-state index is -5.08. The van der Waals surface area contributed by atoms with Crippen LogP contribution in [0.3, 0.4) is 0 Å². The van der Waals surface area contributed by atoms with Gasteiger partial charge in [-0.1, -0.05) is 0 Å². The second-order valence-corrected chi connectivity index (χ2v) is 11.0. The maximum absolute atomic E-state index is 14.5. The molecule has 1 aliphatic rings.